The van der Waals surface area contributed by atoms with E-state index in [4.69, 9.17) is 24.7 Å². The first kappa shape index (κ1) is 35.9. The number of amides is 2. The molecular formula is C33H47N3O9. The van der Waals surface area contributed by atoms with Crippen molar-refractivity contribution in [2.24, 2.45) is 17.6 Å². The molecule has 5 N–H and O–H groups in total. The van der Waals surface area contributed by atoms with Crippen LogP contribution in [0.3, 0.4) is 0 Å². The van der Waals surface area contributed by atoms with E-state index in [9.17, 15) is 24.3 Å². The summed E-state index contributed by atoms with van der Waals surface area (Å²) in [5.41, 5.74) is 6.53. The number of allylic oxidation sites excluding steroid dienone is 4. The van der Waals surface area contributed by atoms with Crippen molar-refractivity contribution in [3.63, 3.8) is 0 Å². The number of aliphatic hydroxyl groups is 1. The molecule has 12 heteroatoms. The summed E-state index contributed by atoms with van der Waals surface area (Å²) in [4.78, 5) is 52.0. The molecule has 12 nitrogen and oxygen atoms in total. The molecule has 3 aliphatic rings. The number of rotatable bonds is 6. The lowest BCUT2D eigenvalue weighted by Gasteiger charge is -2.30. The van der Waals surface area contributed by atoms with Crippen molar-refractivity contribution < 1.29 is 43.2 Å². The van der Waals surface area contributed by atoms with E-state index in [1.54, 1.807) is 32.1 Å². The molecule has 0 aromatic carbocycles. The highest BCUT2D eigenvalue weighted by Crippen LogP contribution is 2.29. The van der Waals surface area contributed by atoms with Crippen LogP contribution in [-0.4, -0.2) is 86.6 Å². The molecule has 2 amide bonds. The fraction of sp³-hybridized carbons (Fsp3) is 0.576. The summed E-state index contributed by atoms with van der Waals surface area (Å²) in [7, 11) is 2.94. The smallest absolute Gasteiger partial charge is 0.405 e. The van der Waals surface area contributed by atoms with Crippen LogP contribution < -0.4 is 16.4 Å². The van der Waals surface area contributed by atoms with Crippen LogP contribution in [0.1, 0.15) is 53.4 Å². The number of hydrogen-bond acceptors (Lipinski definition) is 10. The van der Waals surface area contributed by atoms with E-state index in [0.29, 0.717) is 25.1 Å². The number of fused-ring (bicyclic) bond motifs is 2. The number of nitrogens with two attached hydrogens (primary N) is 1. The third-order valence-electron chi connectivity index (χ3n) is 8.32. The number of carbonyl (C=O) groups is 4. The number of carbonyl (C=O) groups excluding carboxylic acids is 4. The van der Waals surface area contributed by atoms with Crippen molar-refractivity contribution >= 4 is 23.6 Å². The van der Waals surface area contributed by atoms with E-state index >= 15 is 0 Å². The second-order valence-corrected chi connectivity index (χ2v) is 11.9. The van der Waals surface area contributed by atoms with Gasteiger partial charge in [-0.2, -0.15) is 0 Å². The monoisotopic (exact) mass is 629 g/mol. The zero-order valence-electron chi connectivity index (χ0n) is 27.0. The highest BCUT2D eigenvalue weighted by Gasteiger charge is 2.34. The molecular weight excluding hydrogens is 582 g/mol. The maximum Gasteiger partial charge on any atom is 0.405 e. The van der Waals surface area contributed by atoms with E-state index < -0.39 is 53.9 Å². The summed E-state index contributed by atoms with van der Waals surface area (Å²) in [6.07, 6.45) is 5.56. The quantitative estimate of drug-likeness (QED) is 0.252. The van der Waals surface area contributed by atoms with Gasteiger partial charge in [-0.05, 0) is 51.0 Å². The number of hydrogen-bond donors (Lipinski definition) is 4. The van der Waals surface area contributed by atoms with Gasteiger partial charge in [0.1, 0.15) is 6.10 Å². The first-order valence-corrected chi connectivity index (χ1v) is 15.3. The van der Waals surface area contributed by atoms with E-state index in [-0.39, 0.29) is 41.0 Å². The van der Waals surface area contributed by atoms with Gasteiger partial charge in [-0.1, -0.05) is 38.2 Å². The summed E-state index contributed by atoms with van der Waals surface area (Å²) in [6.45, 7) is 8.05. The first-order valence-electron chi connectivity index (χ1n) is 15.3. The minimum Gasteiger partial charge on any atom is -0.439 e. The second kappa shape index (κ2) is 16.6. The molecule has 45 heavy (non-hydrogen) atoms. The Morgan fingerprint density at radius 3 is 2.53 bits per heavy atom. The van der Waals surface area contributed by atoms with Crippen molar-refractivity contribution in [2.75, 3.05) is 27.4 Å². The maximum absolute atomic E-state index is 13.8. The van der Waals surface area contributed by atoms with Gasteiger partial charge < -0.3 is 40.4 Å². The largest absolute Gasteiger partial charge is 0.439 e. The van der Waals surface area contributed by atoms with Crippen molar-refractivity contribution in [1.29, 1.82) is 0 Å². The number of nitrogens with one attached hydrogen (secondary N) is 2. The third-order valence-corrected chi connectivity index (χ3v) is 8.32. The summed E-state index contributed by atoms with van der Waals surface area (Å²) in [5.74, 6) is -2.10. The van der Waals surface area contributed by atoms with Gasteiger partial charge in [0.25, 0.3) is 5.91 Å². The number of ketones is 2. The van der Waals surface area contributed by atoms with Gasteiger partial charge in [0, 0.05) is 50.5 Å². The first-order chi connectivity index (χ1) is 21.4. The lowest BCUT2D eigenvalue weighted by molar-refractivity contribution is -0.120. The minimum atomic E-state index is -0.998. The van der Waals surface area contributed by atoms with Gasteiger partial charge >= 0.3 is 6.09 Å². The van der Waals surface area contributed by atoms with Gasteiger partial charge in [-0.15, -0.1) is 0 Å². The van der Waals surface area contributed by atoms with Gasteiger partial charge in [0.2, 0.25) is 11.6 Å². The topological polar surface area (TPSA) is 176 Å². The van der Waals surface area contributed by atoms with E-state index in [1.807, 2.05) is 13.8 Å². The number of aliphatic hydroxyl groups excluding tert-OH is 1. The number of ether oxygens (including phenoxy) is 4. The van der Waals surface area contributed by atoms with Crippen molar-refractivity contribution in [3.05, 3.63) is 58.5 Å². The Balaban J connectivity index is 2.03. The molecule has 0 unspecified atom stereocenters. The van der Waals surface area contributed by atoms with Crippen LogP contribution in [0.5, 0.6) is 0 Å². The molecule has 7 atom stereocenters. The Bertz CT molecular complexity index is 1280. The molecule has 1 saturated heterocycles. The maximum atomic E-state index is 13.8. The highest BCUT2D eigenvalue weighted by molar-refractivity contribution is 6.23. The molecule has 0 saturated carbocycles. The molecule has 2 bridgehead atoms. The summed E-state index contributed by atoms with van der Waals surface area (Å²) in [5, 5.41) is 17.1. The zero-order chi connectivity index (χ0) is 33.3. The minimum absolute atomic E-state index is 0.0654. The van der Waals surface area contributed by atoms with Gasteiger partial charge in [-0.25, -0.2) is 4.79 Å². The van der Waals surface area contributed by atoms with Gasteiger partial charge in [0.05, 0.1) is 29.7 Å². The lowest BCUT2D eigenvalue weighted by atomic mass is 9.85. The fourth-order valence-electron chi connectivity index (χ4n) is 5.80. The van der Waals surface area contributed by atoms with Crippen LogP contribution in [0, 0.1) is 11.8 Å². The number of primary amides is 1. The SMILES string of the molecule is CO[C@H]1/C=C\C=C(/C)C(=O)NC2=CC(=O)C(NC[C@H]3CCCO3)=C(C[C@@H](C)C[C@H](OC)[C@H](O)[C@@H](C)/C=C(\C)[C@@H]1OC(N)=O)C2=O. The predicted octanol–water partition coefficient (Wildman–Crippen LogP) is 2.53. The van der Waals surface area contributed by atoms with Crippen molar-refractivity contribution in [1.82, 2.24) is 10.6 Å². The normalized spacial score (nSPS) is 33.8. The molecule has 0 aromatic heterocycles. The van der Waals surface area contributed by atoms with Crippen LogP contribution in [0.4, 0.5) is 4.79 Å². The van der Waals surface area contributed by atoms with Crippen LogP contribution in [0.15, 0.2) is 58.5 Å². The Hall–Kier alpha value is -3.58. The molecule has 0 spiro atoms. The van der Waals surface area contributed by atoms with Crippen LogP contribution in [-0.2, 0) is 33.3 Å². The lowest BCUT2D eigenvalue weighted by Crippen LogP contribution is -2.38. The van der Waals surface area contributed by atoms with Crippen molar-refractivity contribution in [2.45, 2.75) is 83.9 Å². The van der Waals surface area contributed by atoms with Crippen LogP contribution >= 0.6 is 0 Å². The van der Waals surface area contributed by atoms with Gasteiger partial charge in [-0.3, -0.25) is 14.4 Å². The highest BCUT2D eigenvalue weighted by atomic mass is 16.6. The number of methoxy groups -OCH3 is 2. The molecule has 2 heterocycles. The second-order valence-electron chi connectivity index (χ2n) is 11.9. The zero-order valence-corrected chi connectivity index (χ0v) is 27.0. The Labute approximate surface area is 264 Å². The Morgan fingerprint density at radius 2 is 1.91 bits per heavy atom. The summed E-state index contributed by atoms with van der Waals surface area (Å²) in [6, 6.07) is 0. The predicted molar refractivity (Wildman–Crippen MR) is 167 cm³/mol. The van der Waals surface area contributed by atoms with E-state index in [2.05, 4.69) is 10.6 Å². The van der Waals surface area contributed by atoms with E-state index in [1.165, 1.54) is 20.3 Å². The summed E-state index contributed by atoms with van der Waals surface area (Å²) >= 11 is 0. The summed E-state index contributed by atoms with van der Waals surface area (Å²) < 4.78 is 22.3. The molecule has 248 valence electrons. The number of Topliss-reactive ketones (excluding diaryl/α,β-unsaturated/α-hetero) is 1. The Kier molecular flexibility index (Phi) is 13.3. The molecule has 1 fully saturated rings. The molecule has 2 aliphatic heterocycles. The molecule has 1 aliphatic carbocycles. The van der Waals surface area contributed by atoms with E-state index in [0.717, 1.165) is 18.9 Å². The Morgan fingerprint density at radius 1 is 1.18 bits per heavy atom. The van der Waals surface area contributed by atoms with Crippen LogP contribution in [0.25, 0.3) is 0 Å². The van der Waals surface area contributed by atoms with Crippen LogP contribution in [0.2, 0.25) is 0 Å². The average Bonchev–Trinajstić information content (AvgIpc) is 3.51. The molecule has 3 rings (SSSR count). The van der Waals surface area contributed by atoms with Gasteiger partial charge in [0.15, 0.2) is 6.10 Å². The molecule has 0 radical (unpaired) electrons. The third kappa shape index (κ3) is 9.70. The fourth-order valence-corrected chi connectivity index (χ4v) is 5.80. The van der Waals surface area contributed by atoms with Crippen molar-refractivity contribution in [3.8, 4) is 0 Å². The molecule has 0 aromatic rings. The average molecular weight is 630 g/mol. The standard InChI is InChI=1S/C33H47N3O9/c1-18-13-23-28(35-17-22-10-8-12-44-22)25(37)16-24(30(23)39)36-32(40)19(2)9-7-11-26(42-5)31(45-33(34)41)21(4)15-20(3)29(38)27(14-18)43-6/h7,9,11,15-16,18,20,22,26-27,29,31,35,38H,8,10,12-14,17H2,1-6H3,(H2,34,41)(H,36,40)/b11-7-,19-9+,21-15+/t18-,20+,22-,26+,27+,29-,31+/m1/s1.